The molecule has 0 spiro atoms. The molecule has 0 aliphatic rings. The second-order valence-corrected chi connectivity index (χ2v) is 5.38. The quantitative estimate of drug-likeness (QED) is 0.801. The summed E-state index contributed by atoms with van der Waals surface area (Å²) in [7, 11) is 0. The molecule has 0 heterocycles. The van der Waals surface area contributed by atoms with E-state index in [2.05, 4.69) is 19.9 Å². The van der Waals surface area contributed by atoms with Crippen LogP contribution in [0.5, 0.6) is 0 Å². The third kappa shape index (κ3) is 5.76. The first-order chi connectivity index (χ1) is 9.02. The van der Waals surface area contributed by atoms with Gasteiger partial charge in [0.1, 0.15) is 0 Å². The summed E-state index contributed by atoms with van der Waals surface area (Å²) in [4.78, 5) is 14.0. The molecule has 0 fully saturated rings. The molecule has 0 saturated heterocycles. The van der Waals surface area contributed by atoms with Crippen LogP contribution in [0.15, 0.2) is 24.3 Å². The van der Waals surface area contributed by atoms with Crippen LogP contribution in [0.1, 0.15) is 25.8 Å². The summed E-state index contributed by atoms with van der Waals surface area (Å²) in [6, 6.07) is 9.37. The Balaban J connectivity index is 2.65. The predicted octanol–water partition coefficient (Wildman–Crippen LogP) is 3.28. The molecule has 19 heavy (non-hydrogen) atoms. The van der Waals surface area contributed by atoms with E-state index in [1.165, 1.54) is 0 Å². The van der Waals surface area contributed by atoms with Gasteiger partial charge in [-0.1, -0.05) is 37.6 Å². The van der Waals surface area contributed by atoms with Crippen LogP contribution < -0.4 is 0 Å². The molecule has 0 N–H and O–H groups in total. The lowest BCUT2D eigenvalue weighted by Gasteiger charge is -2.23. The summed E-state index contributed by atoms with van der Waals surface area (Å²) in [6.07, 6.45) is 0.731. The minimum Gasteiger partial charge on any atom is -0.341 e. The van der Waals surface area contributed by atoms with Gasteiger partial charge in [0.15, 0.2) is 0 Å². The maximum Gasteiger partial charge on any atom is 0.227 e. The summed E-state index contributed by atoms with van der Waals surface area (Å²) >= 11 is 5.82. The summed E-state index contributed by atoms with van der Waals surface area (Å²) in [5, 5.41) is 9.32. The van der Waals surface area contributed by atoms with E-state index in [0.29, 0.717) is 36.9 Å². The molecule has 1 aromatic rings. The van der Waals surface area contributed by atoms with Gasteiger partial charge < -0.3 is 4.90 Å². The maximum absolute atomic E-state index is 12.2. The minimum absolute atomic E-state index is 0.0614. The monoisotopic (exact) mass is 278 g/mol. The van der Waals surface area contributed by atoms with E-state index in [1.54, 1.807) is 17.0 Å². The van der Waals surface area contributed by atoms with Crippen molar-refractivity contribution in [2.24, 2.45) is 5.92 Å². The fourth-order valence-electron chi connectivity index (χ4n) is 1.83. The molecule has 0 unspecified atom stereocenters. The second-order valence-electron chi connectivity index (χ2n) is 4.94. The molecule has 0 saturated carbocycles. The van der Waals surface area contributed by atoms with Gasteiger partial charge in [-0.15, -0.1) is 0 Å². The molecule has 1 amide bonds. The van der Waals surface area contributed by atoms with E-state index in [-0.39, 0.29) is 5.91 Å². The molecule has 1 rings (SSSR count). The van der Waals surface area contributed by atoms with Gasteiger partial charge in [-0.3, -0.25) is 4.79 Å². The Morgan fingerprint density at radius 2 is 2.00 bits per heavy atom. The normalized spacial score (nSPS) is 10.3. The molecule has 0 atom stereocenters. The number of amides is 1. The van der Waals surface area contributed by atoms with E-state index < -0.39 is 0 Å². The molecule has 0 radical (unpaired) electrons. The van der Waals surface area contributed by atoms with Gasteiger partial charge in [-0.2, -0.15) is 5.26 Å². The largest absolute Gasteiger partial charge is 0.341 e. The van der Waals surface area contributed by atoms with E-state index in [0.717, 1.165) is 5.56 Å². The van der Waals surface area contributed by atoms with E-state index in [1.807, 2.05) is 12.1 Å². The number of halogens is 1. The first-order valence-electron chi connectivity index (χ1n) is 6.42. The van der Waals surface area contributed by atoms with Crippen LogP contribution >= 0.6 is 11.6 Å². The van der Waals surface area contributed by atoms with Gasteiger partial charge in [0.05, 0.1) is 18.9 Å². The number of nitriles is 1. The summed E-state index contributed by atoms with van der Waals surface area (Å²) in [6.45, 7) is 5.32. The van der Waals surface area contributed by atoms with Crippen molar-refractivity contribution in [3.05, 3.63) is 34.9 Å². The van der Waals surface area contributed by atoms with Crippen molar-refractivity contribution in [1.82, 2.24) is 4.90 Å². The van der Waals surface area contributed by atoms with Crippen molar-refractivity contribution in [3.63, 3.8) is 0 Å². The van der Waals surface area contributed by atoms with E-state index in [9.17, 15) is 4.79 Å². The summed E-state index contributed by atoms with van der Waals surface area (Å²) in [5.41, 5.74) is 0.945. The number of hydrogen-bond donors (Lipinski definition) is 0. The SMILES string of the molecule is CC(C)CN(CCC#N)C(=O)Cc1ccc(Cl)cc1. The Morgan fingerprint density at radius 1 is 1.37 bits per heavy atom. The van der Waals surface area contributed by atoms with Crippen molar-refractivity contribution < 1.29 is 4.79 Å². The Labute approximate surface area is 119 Å². The molecule has 4 heteroatoms. The number of benzene rings is 1. The highest BCUT2D eigenvalue weighted by molar-refractivity contribution is 6.30. The molecular weight excluding hydrogens is 260 g/mol. The number of hydrogen-bond acceptors (Lipinski definition) is 2. The van der Waals surface area contributed by atoms with Crippen molar-refractivity contribution in [2.75, 3.05) is 13.1 Å². The van der Waals surface area contributed by atoms with Crippen LogP contribution in [0.3, 0.4) is 0 Å². The Hall–Kier alpha value is -1.53. The minimum atomic E-state index is 0.0614. The number of rotatable bonds is 6. The number of carbonyl (C=O) groups excluding carboxylic acids is 1. The second kappa shape index (κ2) is 7.81. The molecule has 0 bridgehead atoms. The lowest BCUT2D eigenvalue weighted by molar-refractivity contribution is -0.130. The lowest BCUT2D eigenvalue weighted by atomic mass is 10.1. The van der Waals surface area contributed by atoms with Crippen LogP contribution in [-0.4, -0.2) is 23.9 Å². The average molecular weight is 279 g/mol. The third-order valence-corrected chi connectivity index (χ3v) is 2.95. The molecular formula is C15H19ClN2O. The number of carbonyl (C=O) groups is 1. The Morgan fingerprint density at radius 3 is 2.53 bits per heavy atom. The van der Waals surface area contributed by atoms with Crippen LogP contribution in [0.4, 0.5) is 0 Å². The van der Waals surface area contributed by atoms with Gasteiger partial charge in [-0.25, -0.2) is 0 Å². The van der Waals surface area contributed by atoms with Crippen molar-refractivity contribution in [1.29, 1.82) is 5.26 Å². The highest BCUT2D eigenvalue weighted by Gasteiger charge is 2.14. The summed E-state index contributed by atoms with van der Waals surface area (Å²) < 4.78 is 0. The van der Waals surface area contributed by atoms with Crippen LogP contribution in [0.25, 0.3) is 0 Å². The smallest absolute Gasteiger partial charge is 0.227 e. The lowest BCUT2D eigenvalue weighted by Crippen LogP contribution is -2.36. The zero-order chi connectivity index (χ0) is 14.3. The van der Waals surface area contributed by atoms with Gasteiger partial charge in [0, 0.05) is 18.1 Å². The molecule has 0 aliphatic heterocycles. The fraction of sp³-hybridized carbons (Fsp3) is 0.467. The number of nitrogens with zero attached hydrogens (tertiary/aromatic N) is 2. The molecule has 0 aliphatic carbocycles. The Kier molecular flexibility index (Phi) is 6.38. The molecule has 0 aromatic heterocycles. The van der Waals surface area contributed by atoms with Crippen molar-refractivity contribution in [3.8, 4) is 6.07 Å². The van der Waals surface area contributed by atoms with Gasteiger partial charge in [-0.05, 0) is 23.6 Å². The fourth-order valence-corrected chi connectivity index (χ4v) is 1.96. The van der Waals surface area contributed by atoms with Gasteiger partial charge >= 0.3 is 0 Å². The van der Waals surface area contributed by atoms with Crippen molar-refractivity contribution in [2.45, 2.75) is 26.7 Å². The van der Waals surface area contributed by atoms with Crippen LogP contribution in [0.2, 0.25) is 5.02 Å². The molecule has 1 aromatic carbocycles. The average Bonchev–Trinajstić information content (AvgIpc) is 2.36. The molecule has 3 nitrogen and oxygen atoms in total. The molecule has 102 valence electrons. The highest BCUT2D eigenvalue weighted by atomic mass is 35.5. The standard InChI is InChI=1S/C15H19ClN2O/c1-12(2)11-18(9-3-8-17)15(19)10-13-4-6-14(16)7-5-13/h4-7,12H,3,9-11H2,1-2H3. The topological polar surface area (TPSA) is 44.1 Å². The van der Waals surface area contributed by atoms with E-state index in [4.69, 9.17) is 16.9 Å². The zero-order valence-corrected chi connectivity index (χ0v) is 12.2. The van der Waals surface area contributed by atoms with Crippen LogP contribution in [0, 0.1) is 17.2 Å². The third-order valence-electron chi connectivity index (χ3n) is 2.70. The Bertz CT molecular complexity index is 448. The van der Waals surface area contributed by atoms with Crippen molar-refractivity contribution >= 4 is 17.5 Å². The predicted molar refractivity (Wildman–Crippen MR) is 76.8 cm³/mol. The maximum atomic E-state index is 12.2. The van der Waals surface area contributed by atoms with Crippen LogP contribution in [-0.2, 0) is 11.2 Å². The first kappa shape index (κ1) is 15.5. The van der Waals surface area contributed by atoms with Gasteiger partial charge in [0.25, 0.3) is 0 Å². The summed E-state index contributed by atoms with van der Waals surface area (Å²) in [5.74, 6) is 0.458. The van der Waals surface area contributed by atoms with Gasteiger partial charge in [0.2, 0.25) is 5.91 Å². The van der Waals surface area contributed by atoms with E-state index >= 15 is 0 Å². The highest BCUT2D eigenvalue weighted by Crippen LogP contribution is 2.11. The zero-order valence-electron chi connectivity index (χ0n) is 11.4. The first-order valence-corrected chi connectivity index (χ1v) is 6.80.